The first-order valence-corrected chi connectivity index (χ1v) is 11.5. The molecule has 7 nitrogen and oxygen atoms in total. The van der Waals surface area contributed by atoms with Gasteiger partial charge in [0.05, 0.1) is 31.1 Å². The summed E-state index contributed by atoms with van der Waals surface area (Å²) in [5.41, 5.74) is 1.41. The van der Waals surface area contributed by atoms with Crippen molar-refractivity contribution in [2.45, 2.75) is 13.3 Å². The van der Waals surface area contributed by atoms with Crippen LogP contribution >= 0.6 is 11.3 Å². The molecule has 0 bridgehead atoms. The van der Waals surface area contributed by atoms with Gasteiger partial charge in [-0.05, 0) is 36.9 Å². The highest BCUT2D eigenvalue weighted by molar-refractivity contribution is 7.11. The van der Waals surface area contributed by atoms with Gasteiger partial charge in [-0.25, -0.2) is 0 Å². The molecule has 2 aromatic rings. The van der Waals surface area contributed by atoms with E-state index in [0.29, 0.717) is 35.9 Å². The molecule has 4 rings (SSSR count). The van der Waals surface area contributed by atoms with E-state index in [4.69, 9.17) is 9.47 Å². The van der Waals surface area contributed by atoms with Crippen LogP contribution in [0.5, 0.6) is 5.75 Å². The fourth-order valence-corrected chi connectivity index (χ4v) is 4.58. The number of carbonyl (C=O) groups is 2. The molecule has 0 spiro atoms. The highest BCUT2D eigenvalue weighted by Gasteiger charge is 2.39. The molecule has 31 heavy (non-hydrogen) atoms. The van der Waals surface area contributed by atoms with E-state index in [1.54, 1.807) is 0 Å². The van der Waals surface area contributed by atoms with E-state index < -0.39 is 0 Å². The summed E-state index contributed by atoms with van der Waals surface area (Å²) in [6, 6.07) is 11.2. The van der Waals surface area contributed by atoms with Gasteiger partial charge in [-0.3, -0.25) is 19.4 Å². The van der Waals surface area contributed by atoms with Gasteiger partial charge < -0.3 is 14.8 Å². The van der Waals surface area contributed by atoms with Crippen LogP contribution in [-0.2, 0) is 14.3 Å². The van der Waals surface area contributed by atoms with Crippen LogP contribution in [0.25, 0.3) is 5.57 Å². The zero-order chi connectivity index (χ0) is 21.6. The van der Waals surface area contributed by atoms with Crippen molar-refractivity contribution in [1.82, 2.24) is 9.80 Å². The molecule has 0 saturated carbocycles. The van der Waals surface area contributed by atoms with Gasteiger partial charge in [0, 0.05) is 31.1 Å². The molecule has 0 atom stereocenters. The summed E-state index contributed by atoms with van der Waals surface area (Å²) in [4.78, 5) is 31.0. The lowest BCUT2D eigenvalue weighted by Gasteiger charge is -2.27. The van der Waals surface area contributed by atoms with Gasteiger partial charge in [0.1, 0.15) is 11.4 Å². The fraction of sp³-hybridized carbons (Fsp3) is 0.391. The number of nitrogens with one attached hydrogen (secondary N) is 1. The smallest absolute Gasteiger partial charge is 0.278 e. The lowest BCUT2D eigenvalue weighted by molar-refractivity contribution is -0.136. The van der Waals surface area contributed by atoms with Crippen LogP contribution in [0, 0.1) is 0 Å². The van der Waals surface area contributed by atoms with Gasteiger partial charge in [0.2, 0.25) is 0 Å². The van der Waals surface area contributed by atoms with E-state index in [2.05, 4.69) is 10.2 Å². The molecular formula is C23H27N3O4S. The molecule has 0 aliphatic carbocycles. The zero-order valence-corrected chi connectivity index (χ0v) is 18.5. The highest BCUT2D eigenvalue weighted by atomic mass is 32.1. The predicted molar refractivity (Wildman–Crippen MR) is 121 cm³/mol. The minimum Gasteiger partial charge on any atom is -0.492 e. The van der Waals surface area contributed by atoms with Crippen molar-refractivity contribution in [3.8, 4) is 5.75 Å². The molecule has 1 aromatic heterocycles. The molecule has 1 N–H and O–H groups in total. The number of imide groups is 1. The molecule has 2 amide bonds. The Labute approximate surface area is 186 Å². The number of benzene rings is 1. The number of anilines is 1. The molecule has 1 saturated heterocycles. The van der Waals surface area contributed by atoms with Gasteiger partial charge in [0.25, 0.3) is 11.8 Å². The molecule has 0 unspecified atom stereocenters. The number of hydrogen-bond donors (Lipinski definition) is 1. The first-order valence-electron chi connectivity index (χ1n) is 10.6. The Morgan fingerprint density at radius 3 is 2.61 bits per heavy atom. The van der Waals surface area contributed by atoms with Crippen molar-refractivity contribution in [2.75, 3.05) is 51.3 Å². The monoisotopic (exact) mass is 441 g/mol. The van der Waals surface area contributed by atoms with Crippen LogP contribution in [0.2, 0.25) is 0 Å². The summed E-state index contributed by atoms with van der Waals surface area (Å²) >= 11 is 1.45. The number of rotatable bonds is 9. The fourth-order valence-electron chi connectivity index (χ4n) is 3.81. The molecule has 8 heteroatoms. The van der Waals surface area contributed by atoms with Crippen molar-refractivity contribution in [1.29, 1.82) is 0 Å². The molecule has 164 valence electrons. The van der Waals surface area contributed by atoms with Crippen molar-refractivity contribution >= 4 is 34.4 Å². The van der Waals surface area contributed by atoms with Crippen LogP contribution in [0.4, 0.5) is 5.69 Å². The average Bonchev–Trinajstić information content (AvgIpc) is 3.39. The first kappa shape index (κ1) is 21.5. The third-order valence-electron chi connectivity index (χ3n) is 5.34. The number of para-hydroxylation sites is 2. The van der Waals surface area contributed by atoms with E-state index in [1.807, 2.05) is 48.7 Å². The Kier molecular flexibility index (Phi) is 7.01. The number of carbonyl (C=O) groups excluding carboxylic acids is 2. The number of nitrogens with zero attached hydrogens (tertiary/aromatic N) is 2. The number of ether oxygens (including phenoxy) is 2. The summed E-state index contributed by atoms with van der Waals surface area (Å²) in [5.74, 6) is 0.113. The predicted octanol–water partition coefficient (Wildman–Crippen LogP) is 3.06. The average molecular weight is 442 g/mol. The SMILES string of the molecule is CCOc1ccccc1NC1=C(c2cccs2)C(=O)N(CCCN2CCOCC2)C1=O. The Bertz CT molecular complexity index is 951. The molecule has 2 aliphatic rings. The van der Waals surface area contributed by atoms with E-state index in [1.165, 1.54) is 16.2 Å². The van der Waals surface area contributed by atoms with Gasteiger partial charge >= 0.3 is 0 Å². The van der Waals surface area contributed by atoms with Gasteiger partial charge in [-0.1, -0.05) is 18.2 Å². The number of hydrogen-bond acceptors (Lipinski definition) is 7. The Morgan fingerprint density at radius 1 is 1.06 bits per heavy atom. The second-order valence-corrected chi connectivity index (χ2v) is 8.30. The third-order valence-corrected chi connectivity index (χ3v) is 6.23. The van der Waals surface area contributed by atoms with Gasteiger partial charge in [-0.15, -0.1) is 11.3 Å². The van der Waals surface area contributed by atoms with Crippen LogP contribution in [0.15, 0.2) is 47.5 Å². The standard InChI is InChI=1S/C23H27N3O4S/c1-2-30-18-8-4-3-7-17(18)24-21-20(19-9-5-16-31-19)22(27)26(23(21)28)11-6-10-25-12-14-29-15-13-25/h3-5,7-9,16,24H,2,6,10-15H2,1H3. The number of thiophene rings is 1. The topological polar surface area (TPSA) is 71.1 Å². The van der Waals surface area contributed by atoms with Crippen molar-refractivity contribution < 1.29 is 19.1 Å². The van der Waals surface area contributed by atoms with Crippen LogP contribution < -0.4 is 10.1 Å². The lowest BCUT2D eigenvalue weighted by Crippen LogP contribution is -2.39. The largest absolute Gasteiger partial charge is 0.492 e. The maximum Gasteiger partial charge on any atom is 0.278 e. The van der Waals surface area contributed by atoms with E-state index in [0.717, 1.165) is 44.1 Å². The second-order valence-electron chi connectivity index (χ2n) is 7.35. The van der Waals surface area contributed by atoms with Crippen molar-refractivity contribution in [2.24, 2.45) is 0 Å². The maximum absolute atomic E-state index is 13.3. The minimum absolute atomic E-state index is 0.245. The number of morpholine rings is 1. The Morgan fingerprint density at radius 2 is 1.87 bits per heavy atom. The summed E-state index contributed by atoms with van der Waals surface area (Å²) in [5, 5.41) is 5.11. The molecule has 1 aromatic carbocycles. The van der Waals surface area contributed by atoms with Crippen LogP contribution in [-0.4, -0.2) is 67.6 Å². The summed E-state index contributed by atoms with van der Waals surface area (Å²) in [7, 11) is 0. The normalized spacial score (nSPS) is 17.5. The van der Waals surface area contributed by atoms with Crippen molar-refractivity contribution in [3.05, 3.63) is 52.4 Å². The second kappa shape index (κ2) is 10.1. The van der Waals surface area contributed by atoms with Crippen molar-refractivity contribution in [3.63, 3.8) is 0 Å². The first-order chi connectivity index (χ1) is 15.2. The third kappa shape index (κ3) is 4.81. The van der Waals surface area contributed by atoms with E-state index in [9.17, 15) is 9.59 Å². The molecule has 1 fully saturated rings. The van der Waals surface area contributed by atoms with Crippen LogP contribution in [0.3, 0.4) is 0 Å². The summed E-state index contributed by atoms with van der Waals surface area (Å²) in [6.45, 7) is 6.90. The minimum atomic E-state index is -0.290. The lowest BCUT2D eigenvalue weighted by atomic mass is 10.2. The van der Waals surface area contributed by atoms with Crippen LogP contribution in [0.1, 0.15) is 18.2 Å². The van der Waals surface area contributed by atoms with Gasteiger partial charge in [0.15, 0.2) is 0 Å². The molecular weight excluding hydrogens is 414 g/mol. The Balaban J connectivity index is 1.54. The zero-order valence-electron chi connectivity index (χ0n) is 17.6. The molecule has 0 radical (unpaired) electrons. The Hall–Kier alpha value is -2.68. The number of amides is 2. The molecule has 2 aliphatic heterocycles. The quantitative estimate of drug-likeness (QED) is 0.603. The van der Waals surface area contributed by atoms with Gasteiger partial charge in [-0.2, -0.15) is 0 Å². The van der Waals surface area contributed by atoms with E-state index in [-0.39, 0.29) is 11.8 Å². The molecule has 3 heterocycles. The maximum atomic E-state index is 13.3. The van der Waals surface area contributed by atoms with E-state index >= 15 is 0 Å². The highest BCUT2D eigenvalue weighted by Crippen LogP contribution is 2.35. The summed E-state index contributed by atoms with van der Waals surface area (Å²) < 4.78 is 11.1. The summed E-state index contributed by atoms with van der Waals surface area (Å²) in [6.07, 6.45) is 0.734.